The topological polar surface area (TPSA) is 63.4 Å². The number of rotatable bonds is 6. The highest BCUT2D eigenvalue weighted by molar-refractivity contribution is 7.89. The summed E-state index contributed by atoms with van der Waals surface area (Å²) in [4.78, 5) is -0.310. The first-order valence-corrected chi connectivity index (χ1v) is 8.36. The van der Waals surface area contributed by atoms with Crippen LogP contribution in [0.15, 0.2) is 17.0 Å². The second-order valence-corrected chi connectivity index (χ2v) is 7.35. The van der Waals surface area contributed by atoms with Gasteiger partial charge in [-0.05, 0) is 49.8 Å². The Hall–Kier alpha value is -1.14. The largest absolute Gasteiger partial charge is 0.398 e. The number of hydrogen-bond acceptors (Lipinski definition) is 3. The van der Waals surface area contributed by atoms with E-state index in [2.05, 4.69) is 0 Å². The van der Waals surface area contributed by atoms with E-state index in [0.29, 0.717) is 36.7 Å². The Balaban J connectivity index is 2.38. The maximum atomic E-state index is 14.0. The summed E-state index contributed by atoms with van der Waals surface area (Å²) in [6.07, 6.45) is 2.80. The molecule has 1 aromatic carbocycles. The van der Waals surface area contributed by atoms with Gasteiger partial charge in [-0.25, -0.2) is 12.8 Å². The molecule has 4 nitrogen and oxygen atoms in total. The molecule has 2 rings (SSSR count). The van der Waals surface area contributed by atoms with Gasteiger partial charge in [0.1, 0.15) is 10.7 Å². The molecule has 0 aliphatic heterocycles. The van der Waals surface area contributed by atoms with Crippen LogP contribution >= 0.6 is 0 Å². The smallest absolute Gasteiger partial charge is 0.246 e. The molecule has 20 heavy (non-hydrogen) atoms. The first kappa shape index (κ1) is 15.3. The van der Waals surface area contributed by atoms with Crippen LogP contribution in [0.4, 0.5) is 10.1 Å². The maximum absolute atomic E-state index is 14.0. The molecule has 1 fully saturated rings. The lowest BCUT2D eigenvalue weighted by Crippen LogP contribution is -2.34. The molecule has 0 atom stereocenters. The number of anilines is 1. The number of aryl methyl sites for hydroxylation is 1. The van der Waals surface area contributed by atoms with E-state index in [4.69, 9.17) is 5.73 Å². The van der Waals surface area contributed by atoms with Crippen molar-refractivity contribution in [2.75, 3.05) is 18.8 Å². The van der Waals surface area contributed by atoms with Gasteiger partial charge in [0, 0.05) is 18.8 Å². The monoisotopic (exact) mass is 300 g/mol. The van der Waals surface area contributed by atoms with Crippen LogP contribution in [0.25, 0.3) is 0 Å². The third kappa shape index (κ3) is 3.12. The van der Waals surface area contributed by atoms with Gasteiger partial charge in [0.15, 0.2) is 0 Å². The zero-order valence-electron chi connectivity index (χ0n) is 11.9. The van der Waals surface area contributed by atoms with E-state index in [9.17, 15) is 12.8 Å². The van der Waals surface area contributed by atoms with Crippen LogP contribution < -0.4 is 5.73 Å². The molecule has 1 saturated carbocycles. The summed E-state index contributed by atoms with van der Waals surface area (Å²) in [5, 5.41) is 0. The van der Waals surface area contributed by atoms with Crippen molar-refractivity contribution in [3.8, 4) is 0 Å². The molecule has 0 unspecified atom stereocenters. The third-order valence-electron chi connectivity index (χ3n) is 3.57. The van der Waals surface area contributed by atoms with Crippen LogP contribution in [0, 0.1) is 18.7 Å². The zero-order chi connectivity index (χ0) is 14.9. The van der Waals surface area contributed by atoms with Crippen molar-refractivity contribution in [2.24, 2.45) is 5.92 Å². The molecular formula is C14H21FN2O2S. The number of sulfonamides is 1. The van der Waals surface area contributed by atoms with Gasteiger partial charge < -0.3 is 5.73 Å². The summed E-state index contributed by atoms with van der Waals surface area (Å²) in [5.41, 5.74) is 6.57. The van der Waals surface area contributed by atoms with Crippen molar-refractivity contribution >= 4 is 15.7 Å². The van der Waals surface area contributed by atoms with Crippen LogP contribution in [0.2, 0.25) is 0 Å². The van der Waals surface area contributed by atoms with Crippen LogP contribution in [0.3, 0.4) is 0 Å². The van der Waals surface area contributed by atoms with E-state index >= 15 is 0 Å². The SMILES string of the molecule is CCCN(CC1CC1)S(=O)(=O)c1cc(N)c(C)cc1F. The van der Waals surface area contributed by atoms with Crippen molar-refractivity contribution in [3.63, 3.8) is 0 Å². The highest BCUT2D eigenvalue weighted by Crippen LogP contribution is 2.32. The standard InChI is InChI=1S/C14H21FN2O2S/c1-3-6-17(9-11-4-5-11)20(18,19)14-8-13(16)10(2)7-12(14)15/h7-8,11H,3-6,9,16H2,1-2H3. The van der Waals surface area contributed by atoms with Gasteiger partial charge in [-0.1, -0.05) is 6.92 Å². The van der Waals surface area contributed by atoms with E-state index in [0.717, 1.165) is 12.8 Å². The summed E-state index contributed by atoms with van der Waals surface area (Å²) in [6, 6.07) is 2.42. The lowest BCUT2D eigenvalue weighted by atomic mass is 10.2. The number of hydrogen-bond donors (Lipinski definition) is 1. The Morgan fingerprint density at radius 3 is 2.60 bits per heavy atom. The number of benzene rings is 1. The maximum Gasteiger partial charge on any atom is 0.246 e. The lowest BCUT2D eigenvalue weighted by Gasteiger charge is -2.22. The van der Waals surface area contributed by atoms with Gasteiger partial charge in [-0.3, -0.25) is 0 Å². The van der Waals surface area contributed by atoms with Crippen molar-refractivity contribution < 1.29 is 12.8 Å². The van der Waals surface area contributed by atoms with Crippen LogP contribution in [-0.2, 0) is 10.0 Å². The predicted octanol–water partition coefficient (Wildman–Crippen LogP) is 2.53. The average molecular weight is 300 g/mol. The quantitative estimate of drug-likeness (QED) is 0.821. The molecule has 2 N–H and O–H groups in total. The van der Waals surface area contributed by atoms with Crippen molar-refractivity contribution in [1.82, 2.24) is 4.31 Å². The van der Waals surface area contributed by atoms with Crippen LogP contribution in [0.1, 0.15) is 31.7 Å². The van der Waals surface area contributed by atoms with Gasteiger partial charge in [-0.2, -0.15) is 4.31 Å². The third-order valence-corrected chi connectivity index (χ3v) is 5.45. The number of nitrogens with zero attached hydrogens (tertiary/aromatic N) is 1. The first-order chi connectivity index (χ1) is 9.36. The summed E-state index contributed by atoms with van der Waals surface area (Å²) >= 11 is 0. The number of halogens is 1. The Bertz CT molecular complexity index is 597. The second-order valence-electron chi connectivity index (χ2n) is 5.45. The molecule has 1 aromatic rings. The minimum absolute atomic E-state index is 0.299. The fourth-order valence-electron chi connectivity index (χ4n) is 2.15. The molecule has 0 bridgehead atoms. The Morgan fingerprint density at radius 1 is 1.40 bits per heavy atom. The van der Waals surface area contributed by atoms with E-state index < -0.39 is 15.8 Å². The zero-order valence-corrected chi connectivity index (χ0v) is 12.7. The van der Waals surface area contributed by atoms with Gasteiger partial charge in [-0.15, -0.1) is 0 Å². The van der Waals surface area contributed by atoms with E-state index in [-0.39, 0.29) is 4.90 Å². The average Bonchev–Trinajstić information content (AvgIpc) is 3.17. The fourth-order valence-corrected chi connectivity index (χ4v) is 3.84. The molecule has 1 aliphatic carbocycles. The van der Waals surface area contributed by atoms with Gasteiger partial charge in [0.2, 0.25) is 10.0 Å². The first-order valence-electron chi connectivity index (χ1n) is 6.92. The molecule has 0 heterocycles. The van der Waals surface area contributed by atoms with E-state index in [1.165, 1.54) is 16.4 Å². The Labute approximate surface area is 119 Å². The summed E-state index contributed by atoms with van der Waals surface area (Å²) in [5.74, 6) is -0.309. The van der Waals surface area contributed by atoms with Crippen molar-refractivity contribution in [3.05, 3.63) is 23.5 Å². The normalized spacial score (nSPS) is 15.8. The van der Waals surface area contributed by atoms with Gasteiger partial charge in [0.05, 0.1) is 0 Å². The fraction of sp³-hybridized carbons (Fsp3) is 0.571. The molecular weight excluding hydrogens is 279 g/mol. The van der Waals surface area contributed by atoms with Gasteiger partial charge >= 0.3 is 0 Å². The summed E-state index contributed by atoms with van der Waals surface area (Å²) in [7, 11) is -3.81. The molecule has 112 valence electrons. The minimum atomic E-state index is -3.81. The Kier molecular flexibility index (Phi) is 4.34. The van der Waals surface area contributed by atoms with Gasteiger partial charge in [0.25, 0.3) is 0 Å². The number of nitrogen functional groups attached to an aromatic ring is 1. The highest BCUT2D eigenvalue weighted by Gasteiger charge is 2.32. The van der Waals surface area contributed by atoms with Crippen molar-refractivity contribution in [2.45, 2.75) is 38.0 Å². The van der Waals surface area contributed by atoms with E-state index in [1.54, 1.807) is 6.92 Å². The predicted molar refractivity (Wildman–Crippen MR) is 77.3 cm³/mol. The van der Waals surface area contributed by atoms with Crippen LogP contribution in [0.5, 0.6) is 0 Å². The molecule has 0 spiro atoms. The molecule has 1 aliphatic rings. The Morgan fingerprint density at radius 2 is 2.05 bits per heavy atom. The summed E-state index contributed by atoms with van der Waals surface area (Å²) < 4.78 is 40.6. The lowest BCUT2D eigenvalue weighted by molar-refractivity contribution is 0.393. The molecule has 0 aromatic heterocycles. The highest BCUT2D eigenvalue weighted by atomic mass is 32.2. The second kappa shape index (κ2) is 5.69. The molecule has 0 radical (unpaired) electrons. The number of nitrogens with two attached hydrogens (primary N) is 1. The molecule has 0 amide bonds. The molecule has 0 saturated heterocycles. The summed E-state index contributed by atoms with van der Waals surface area (Å²) in [6.45, 7) is 4.45. The van der Waals surface area contributed by atoms with Crippen molar-refractivity contribution in [1.29, 1.82) is 0 Å². The molecule has 6 heteroatoms. The minimum Gasteiger partial charge on any atom is -0.398 e. The van der Waals surface area contributed by atoms with Crippen LogP contribution in [-0.4, -0.2) is 25.8 Å². The van der Waals surface area contributed by atoms with E-state index in [1.807, 2.05) is 6.92 Å².